The summed E-state index contributed by atoms with van der Waals surface area (Å²) < 4.78 is 5.23. The van der Waals surface area contributed by atoms with Crippen molar-refractivity contribution in [3.05, 3.63) is 77.6 Å². The lowest BCUT2D eigenvalue weighted by Crippen LogP contribution is -2.60. The molecule has 1 saturated heterocycles. The van der Waals surface area contributed by atoms with Gasteiger partial charge in [0, 0.05) is 5.75 Å². The average Bonchev–Trinajstić information content (AvgIpc) is 3.49. The van der Waals surface area contributed by atoms with Gasteiger partial charge in [-0.3, -0.25) is 14.2 Å². The van der Waals surface area contributed by atoms with Crippen molar-refractivity contribution in [2.75, 3.05) is 28.8 Å². The molecule has 0 atom stereocenters. The van der Waals surface area contributed by atoms with Gasteiger partial charge in [-0.1, -0.05) is 54.2 Å². The van der Waals surface area contributed by atoms with Gasteiger partial charge in [0.05, 0.1) is 23.6 Å². The maximum Gasteiger partial charge on any atom is 0.324 e. The number of rotatable bonds is 6. The fraction of sp³-hybridized carbons (Fsp3) is 0.269. The van der Waals surface area contributed by atoms with Crippen molar-refractivity contribution in [3.8, 4) is 0 Å². The highest BCUT2D eigenvalue weighted by molar-refractivity contribution is 8.14. The number of para-hydroxylation sites is 1. The van der Waals surface area contributed by atoms with E-state index >= 15 is 0 Å². The SMILES string of the molecule is Cc1ccccc1/C=C1/N=C(SC/C([O-])=N\c2c[n+](N3CCCCC3)no2)N(c2ccccc2)C1=O. The van der Waals surface area contributed by atoms with Gasteiger partial charge in [0.2, 0.25) is 5.27 Å². The van der Waals surface area contributed by atoms with Gasteiger partial charge in [-0.15, -0.1) is 0 Å². The Morgan fingerprint density at radius 2 is 1.89 bits per heavy atom. The lowest BCUT2D eigenvalue weighted by molar-refractivity contribution is -0.759. The molecule has 0 N–H and O–H groups in total. The van der Waals surface area contributed by atoms with Crippen molar-refractivity contribution >= 4 is 46.4 Å². The van der Waals surface area contributed by atoms with Crippen LogP contribution in [0.3, 0.4) is 0 Å². The first-order chi connectivity index (χ1) is 17.6. The summed E-state index contributed by atoms with van der Waals surface area (Å²) in [7, 11) is 0. The molecule has 2 aliphatic rings. The molecule has 1 fully saturated rings. The Kier molecular flexibility index (Phi) is 7.13. The second kappa shape index (κ2) is 10.8. The van der Waals surface area contributed by atoms with Crippen LogP contribution in [0.25, 0.3) is 6.08 Å². The number of hydrogen-bond donors (Lipinski definition) is 0. The smallest absolute Gasteiger partial charge is 0.324 e. The molecule has 10 heteroatoms. The van der Waals surface area contributed by atoms with Gasteiger partial charge in [-0.2, -0.15) is 5.01 Å². The normalized spacial score (nSPS) is 17.7. The van der Waals surface area contributed by atoms with Crippen molar-refractivity contribution in [1.82, 2.24) is 5.27 Å². The van der Waals surface area contributed by atoms with Crippen molar-refractivity contribution < 1.29 is 19.2 Å². The topological polar surface area (TPSA) is 101 Å². The predicted molar refractivity (Wildman–Crippen MR) is 139 cm³/mol. The first-order valence-corrected chi connectivity index (χ1v) is 12.8. The van der Waals surface area contributed by atoms with E-state index in [0.717, 1.165) is 48.8 Å². The fourth-order valence-electron chi connectivity index (χ4n) is 4.07. The van der Waals surface area contributed by atoms with Crippen LogP contribution in [-0.2, 0) is 4.79 Å². The van der Waals surface area contributed by atoms with Gasteiger partial charge in [0.25, 0.3) is 12.1 Å². The minimum Gasteiger partial charge on any atom is -0.861 e. The number of hydrogen-bond acceptors (Lipinski definition) is 8. The molecule has 0 aliphatic carbocycles. The third kappa shape index (κ3) is 5.33. The van der Waals surface area contributed by atoms with Crippen molar-refractivity contribution in [3.63, 3.8) is 0 Å². The molecule has 1 amide bonds. The highest BCUT2D eigenvalue weighted by atomic mass is 32.2. The molecule has 2 aliphatic heterocycles. The monoisotopic (exact) mass is 502 g/mol. The van der Waals surface area contributed by atoms with E-state index in [9.17, 15) is 9.90 Å². The number of benzene rings is 2. The molecular weight excluding hydrogens is 476 g/mol. The predicted octanol–water partition coefficient (Wildman–Crippen LogP) is 2.96. The number of amides is 1. The number of carbonyl (C=O) groups excluding carboxylic acids is 1. The third-order valence-corrected chi connectivity index (χ3v) is 6.87. The number of aromatic nitrogens is 2. The molecular formula is C26H26N6O3S. The molecule has 3 aromatic rings. The molecule has 9 nitrogen and oxygen atoms in total. The summed E-state index contributed by atoms with van der Waals surface area (Å²) in [5.74, 6) is -0.497. The summed E-state index contributed by atoms with van der Waals surface area (Å²) in [5.41, 5.74) is 2.97. The molecule has 1 aromatic heterocycles. The number of thioether (sulfide) groups is 1. The van der Waals surface area contributed by atoms with Crippen molar-refractivity contribution in [2.45, 2.75) is 26.2 Å². The minimum absolute atomic E-state index is 0.00247. The minimum atomic E-state index is -0.401. The average molecular weight is 503 g/mol. The zero-order valence-corrected chi connectivity index (χ0v) is 20.7. The Morgan fingerprint density at radius 1 is 1.14 bits per heavy atom. The first kappa shape index (κ1) is 23.8. The molecule has 5 rings (SSSR count). The number of carbonyl (C=O) groups is 1. The zero-order chi connectivity index (χ0) is 24.9. The summed E-state index contributed by atoms with van der Waals surface area (Å²) in [4.78, 5) is 25.1. The van der Waals surface area contributed by atoms with E-state index in [1.165, 1.54) is 11.3 Å². The molecule has 2 aromatic carbocycles. The van der Waals surface area contributed by atoms with E-state index in [1.807, 2.05) is 61.5 Å². The molecule has 3 heterocycles. The van der Waals surface area contributed by atoms with Crippen LogP contribution < -0.4 is 19.8 Å². The van der Waals surface area contributed by atoms with Gasteiger partial charge >= 0.3 is 5.88 Å². The quantitative estimate of drug-likeness (QED) is 0.222. The lowest BCUT2D eigenvalue weighted by atomic mass is 10.1. The highest BCUT2D eigenvalue weighted by Gasteiger charge is 2.32. The Balaban J connectivity index is 1.34. The summed E-state index contributed by atoms with van der Waals surface area (Å²) >= 11 is 1.16. The second-order valence-electron chi connectivity index (χ2n) is 8.53. The van der Waals surface area contributed by atoms with Crippen LogP contribution in [0.5, 0.6) is 0 Å². The Labute approximate surface area is 213 Å². The molecule has 0 unspecified atom stereocenters. The van der Waals surface area contributed by atoms with E-state index in [4.69, 9.17) is 4.52 Å². The number of piperidine rings is 1. The van der Waals surface area contributed by atoms with Crippen LogP contribution in [0, 0.1) is 6.92 Å². The van der Waals surface area contributed by atoms with E-state index in [2.05, 4.69) is 20.3 Å². The van der Waals surface area contributed by atoms with E-state index < -0.39 is 5.90 Å². The number of aliphatic imine (C=N–C) groups is 2. The molecule has 0 radical (unpaired) electrons. The van der Waals surface area contributed by atoms with Crippen LogP contribution >= 0.6 is 11.8 Å². The van der Waals surface area contributed by atoms with Gasteiger partial charge in [0.15, 0.2) is 5.17 Å². The van der Waals surface area contributed by atoms with Gasteiger partial charge in [-0.25, -0.2) is 9.98 Å². The van der Waals surface area contributed by atoms with Crippen LogP contribution in [-0.4, -0.2) is 41.1 Å². The Hall–Kier alpha value is -3.92. The molecule has 0 saturated carbocycles. The lowest BCUT2D eigenvalue weighted by Gasteiger charge is -2.18. The summed E-state index contributed by atoms with van der Waals surface area (Å²) in [6, 6.07) is 17.1. The molecule has 36 heavy (non-hydrogen) atoms. The van der Waals surface area contributed by atoms with Crippen LogP contribution in [0.15, 0.2) is 81.0 Å². The summed E-state index contributed by atoms with van der Waals surface area (Å²) in [6.45, 7) is 3.77. The first-order valence-electron chi connectivity index (χ1n) is 11.9. The molecule has 184 valence electrons. The van der Waals surface area contributed by atoms with E-state index in [1.54, 1.807) is 17.1 Å². The van der Waals surface area contributed by atoms with Crippen molar-refractivity contribution in [2.24, 2.45) is 9.98 Å². The maximum atomic E-state index is 13.3. The summed E-state index contributed by atoms with van der Waals surface area (Å²) in [5, 5.41) is 19.1. The van der Waals surface area contributed by atoms with Crippen LogP contribution in [0.4, 0.5) is 11.6 Å². The Morgan fingerprint density at radius 3 is 2.67 bits per heavy atom. The number of aryl methyl sites for hydroxylation is 1. The zero-order valence-electron chi connectivity index (χ0n) is 19.9. The van der Waals surface area contributed by atoms with Gasteiger partial charge < -0.3 is 5.11 Å². The number of amidine groups is 1. The third-order valence-electron chi connectivity index (χ3n) is 5.95. The van der Waals surface area contributed by atoms with Crippen LogP contribution in [0.1, 0.15) is 30.4 Å². The van der Waals surface area contributed by atoms with Crippen molar-refractivity contribution in [1.29, 1.82) is 0 Å². The fourth-order valence-corrected chi connectivity index (χ4v) is 4.87. The number of nitrogens with zero attached hydrogens (tertiary/aromatic N) is 6. The van der Waals surface area contributed by atoms with E-state index in [-0.39, 0.29) is 17.5 Å². The molecule has 0 spiro atoms. The van der Waals surface area contributed by atoms with Gasteiger partial charge in [0.1, 0.15) is 5.70 Å². The van der Waals surface area contributed by atoms with Gasteiger partial charge in [-0.05, 0) is 61.4 Å². The Bertz CT molecular complexity index is 1330. The highest BCUT2D eigenvalue weighted by Crippen LogP contribution is 2.29. The molecule has 0 bridgehead atoms. The summed E-state index contributed by atoms with van der Waals surface area (Å²) in [6.07, 6.45) is 6.79. The maximum absolute atomic E-state index is 13.3. The van der Waals surface area contributed by atoms with Crippen LogP contribution in [0.2, 0.25) is 0 Å². The number of anilines is 1. The second-order valence-corrected chi connectivity index (χ2v) is 9.47. The van der Waals surface area contributed by atoms with E-state index in [0.29, 0.717) is 16.6 Å². The largest absolute Gasteiger partial charge is 0.861 e. The standard InChI is InChI=1S/C26H26N6O3S/c1-19-10-6-7-11-20(19)16-22-25(34)32(21-12-4-2-5-13-21)26(27-22)36-18-23(33)28-24-17-31(29-35-24)30-14-8-3-9-15-30/h2,4-7,10-13,16-17H,3,8-9,14-15,18H2,1H3/b22-16+.